The maximum Gasteiger partial charge on any atom is -0.0107 e. The zero-order valence-corrected chi connectivity index (χ0v) is 3.83. The summed E-state index contributed by atoms with van der Waals surface area (Å²) in [6.07, 6.45) is 2.17. The van der Waals surface area contributed by atoms with Crippen LogP contribution in [0.3, 0.4) is 0 Å². The lowest BCUT2D eigenvalue weighted by Gasteiger charge is -2.17. The van der Waals surface area contributed by atoms with Gasteiger partial charge in [0.05, 0.1) is 0 Å². The summed E-state index contributed by atoms with van der Waals surface area (Å²) in [4.78, 5) is 0. The molecule has 0 unspecified atom stereocenters. The van der Waals surface area contributed by atoms with Crippen LogP contribution in [0.1, 0.15) is 12.8 Å². The Morgan fingerprint density at radius 3 is 1.33 bits per heavy atom. The van der Waals surface area contributed by atoms with Gasteiger partial charge in [-0.1, -0.05) is 24.3 Å². The zero-order chi connectivity index (χ0) is 4.57. The summed E-state index contributed by atoms with van der Waals surface area (Å²) in [6.45, 7) is 7.50. The van der Waals surface area contributed by atoms with E-state index in [0.29, 0.717) is 0 Å². The first-order valence-corrected chi connectivity index (χ1v) is 2.12. The van der Waals surface area contributed by atoms with E-state index in [-0.39, 0.29) is 0 Å². The highest BCUT2D eigenvalue weighted by atomic mass is 14.1. The minimum absolute atomic E-state index is 1.08. The third-order valence-corrected chi connectivity index (χ3v) is 1.000. The van der Waals surface area contributed by atoms with Crippen molar-refractivity contribution in [2.24, 2.45) is 0 Å². The van der Waals surface area contributed by atoms with Crippen LogP contribution >= 0.6 is 0 Å². The Balaban J connectivity index is 2.47. The first kappa shape index (κ1) is 3.66. The van der Waals surface area contributed by atoms with Crippen molar-refractivity contribution in [2.75, 3.05) is 0 Å². The molecule has 0 saturated heterocycles. The van der Waals surface area contributed by atoms with Gasteiger partial charge < -0.3 is 0 Å². The Morgan fingerprint density at radius 2 is 1.33 bits per heavy atom. The number of rotatable bonds is 0. The Morgan fingerprint density at radius 1 is 1.00 bits per heavy atom. The van der Waals surface area contributed by atoms with Crippen LogP contribution in [-0.2, 0) is 0 Å². The molecule has 0 radical (unpaired) electrons. The Kier molecular flexibility index (Phi) is 0.592. The van der Waals surface area contributed by atoms with E-state index in [1.165, 1.54) is 11.1 Å². The molecule has 32 valence electrons. The third-order valence-electron chi connectivity index (χ3n) is 1.000. The molecule has 0 aromatic rings. The van der Waals surface area contributed by atoms with Gasteiger partial charge in [-0.2, -0.15) is 0 Å². The summed E-state index contributed by atoms with van der Waals surface area (Å²) in [7, 11) is 0. The van der Waals surface area contributed by atoms with Crippen LogP contribution in [0.5, 0.6) is 0 Å². The first-order chi connectivity index (χ1) is 2.79. The highest BCUT2D eigenvalue weighted by molar-refractivity contribution is 5.26. The quantitative estimate of drug-likeness (QED) is 0.390. The van der Waals surface area contributed by atoms with Crippen molar-refractivity contribution in [3.8, 4) is 0 Å². The van der Waals surface area contributed by atoms with Crippen LogP contribution in [0.15, 0.2) is 24.3 Å². The van der Waals surface area contributed by atoms with Crippen LogP contribution < -0.4 is 0 Å². The molecule has 1 rings (SSSR count). The van der Waals surface area contributed by atoms with Gasteiger partial charge in [0.2, 0.25) is 0 Å². The predicted molar refractivity (Wildman–Crippen MR) is 27.5 cm³/mol. The largest absolute Gasteiger partial charge is 0.0992 e. The van der Waals surface area contributed by atoms with Gasteiger partial charge in [-0.25, -0.2) is 0 Å². The molecule has 0 atom stereocenters. The van der Waals surface area contributed by atoms with Gasteiger partial charge in [0.25, 0.3) is 0 Å². The second kappa shape index (κ2) is 0.970. The van der Waals surface area contributed by atoms with Crippen LogP contribution in [0.25, 0.3) is 0 Å². The van der Waals surface area contributed by atoms with E-state index in [9.17, 15) is 0 Å². The monoisotopic (exact) mass is 80.1 g/mol. The normalized spacial score (nSPS) is 20.7. The molecule has 1 aliphatic rings. The summed E-state index contributed by atoms with van der Waals surface area (Å²) >= 11 is 0. The summed E-state index contributed by atoms with van der Waals surface area (Å²) < 4.78 is 0. The Hall–Kier alpha value is -0.520. The molecule has 0 aromatic heterocycles. The average molecular weight is 80.1 g/mol. The topological polar surface area (TPSA) is 0 Å². The lowest BCUT2D eigenvalue weighted by Crippen LogP contribution is -1.97. The van der Waals surface area contributed by atoms with Gasteiger partial charge in [-0.15, -0.1) is 0 Å². The van der Waals surface area contributed by atoms with Gasteiger partial charge in [0, 0.05) is 0 Å². The Labute approximate surface area is 38.2 Å². The van der Waals surface area contributed by atoms with Crippen LogP contribution in [0.2, 0.25) is 0 Å². The molecule has 0 amide bonds. The molecular weight excluding hydrogens is 72.1 g/mol. The second-order valence-corrected chi connectivity index (χ2v) is 1.85. The minimum atomic E-state index is 1.08. The maximum absolute atomic E-state index is 3.75. The average Bonchev–Trinajstić information content (AvgIpc) is 1.33. The zero-order valence-electron chi connectivity index (χ0n) is 3.83. The minimum Gasteiger partial charge on any atom is -0.0992 e. The highest BCUT2D eigenvalue weighted by Crippen LogP contribution is 2.27. The van der Waals surface area contributed by atoms with E-state index in [4.69, 9.17) is 0 Å². The summed E-state index contributed by atoms with van der Waals surface area (Å²) in [5.74, 6) is 0. The van der Waals surface area contributed by atoms with E-state index < -0.39 is 0 Å². The van der Waals surface area contributed by atoms with Crippen molar-refractivity contribution < 1.29 is 0 Å². The molecule has 0 spiro atoms. The molecule has 0 N–H and O–H groups in total. The molecule has 1 aliphatic carbocycles. The SMILES string of the molecule is C=C1CC(=C)C1. The van der Waals surface area contributed by atoms with Crippen molar-refractivity contribution in [3.63, 3.8) is 0 Å². The smallest absolute Gasteiger partial charge is 0.0107 e. The highest BCUT2D eigenvalue weighted by Gasteiger charge is 2.08. The summed E-state index contributed by atoms with van der Waals surface area (Å²) in [5.41, 5.74) is 2.67. The standard InChI is InChI=1S/C6H8/c1-5-3-6(2)4-5/h1-4H2. The van der Waals surface area contributed by atoms with Gasteiger partial charge in [-0.05, 0) is 12.8 Å². The van der Waals surface area contributed by atoms with Crippen molar-refractivity contribution in [3.05, 3.63) is 24.3 Å². The fourth-order valence-corrected chi connectivity index (χ4v) is 0.655. The van der Waals surface area contributed by atoms with E-state index >= 15 is 0 Å². The number of hydrogen-bond donors (Lipinski definition) is 0. The third kappa shape index (κ3) is 0.383. The fourth-order valence-electron chi connectivity index (χ4n) is 0.655. The Bertz CT molecular complexity index is 76.6. The van der Waals surface area contributed by atoms with Crippen LogP contribution in [0, 0.1) is 0 Å². The number of hydrogen-bond acceptors (Lipinski definition) is 0. The van der Waals surface area contributed by atoms with Crippen molar-refractivity contribution in [1.29, 1.82) is 0 Å². The summed E-state index contributed by atoms with van der Waals surface area (Å²) in [6, 6.07) is 0. The molecule has 1 saturated carbocycles. The van der Waals surface area contributed by atoms with E-state index in [1.807, 2.05) is 0 Å². The first-order valence-electron chi connectivity index (χ1n) is 2.12. The lowest BCUT2D eigenvalue weighted by molar-refractivity contribution is 0.873. The molecular formula is C6H8. The van der Waals surface area contributed by atoms with E-state index in [1.54, 1.807) is 0 Å². The molecule has 0 bridgehead atoms. The van der Waals surface area contributed by atoms with Crippen LogP contribution in [0.4, 0.5) is 0 Å². The molecule has 0 aliphatic heterocycles. The van der Waals surface area contributed by atoms with Gasteiger partial charge in [-0.3, -0.25) is 0 Å². The van der Waals surface area contributed by atoms with E-state index in [2.05, 4.69) is 13.2 Å². The van der Waals surface area contributed by atoms with Gasteiger partial charge >= 0.3 is 0 Å². The molecule has 0 aromatic carbocycles. The molecule has 0 heterocycles. The molecule has 1 fully saturated rings. The summed E-state index contributed by atoms with van der Waals surface area (Å²) in [5, 5.41) is 0. The van der Waals surface area contributed by atoms with Crippen molar-refractivity contribution >= 4 is 0 Å². The van der Waals surface area contributed by atoms with Crippen LogP contribution in [-0.4, -0.2) is 0 Å². The molecule has 0 nitrogen and oxygen atoms in total. The second-order valence-electron chi connectivity index (χ2n) is 1.85. The predicted octanol–water partition coefficient (Wildman–Crippen LogP) is 1.89. The number of allylic oxidation sites excluding steroid dienone is 2. The van der Waals surface area contributed by atoms with Gasteiger partial charge in [0.15, 0.2) is 0 Å². The van der Waals surface area contributed by atoms with Crippen molar-refractivity contribution in [2.45, 2.75) is 12.8 Å². The van der Waals surface area contributed by atoms with Crippen molar-refractivity contribution in [1.82, 2.24) is 0 Å². The van der Waals surface area contributed by atoms with Gasteiger partial charge in [0.1, 0.15) is 0 Å². The fraction of sp³-hybridized carbons (Fsp3) is 0.333. The maximum atomic E-state index is 3.75. The lowest BCUT2D eigenvalue weighted by atomic mass is 9.89. The molecule has 6 heavy (non-hydrogen) atoms. The molecule has 0 heteroatoms. The van der Waals surface area contributed by atoms with E-state index in [0.717, 1.165) is 12.8 Å².